The van der Waals surface area contributed by atoms with E-state index in [0.717, 1.165) is 32.8 Å². The monoisotopic (exact) mass is 730 g/mol. The summed E-state index contributed by atoms with van der Waals surface area (Å²) < 4.78 is 6.13. The molecule has 53 heavy (non-hydrogen) atoms. The van der Waals surface area contributed by atoms with Crippen molar-refractivity contribution in [1.82, 2.24) is 19.9 Å². The third-order valence-electron chi connectivity index (χ3n) is 9.78. The fourth-order valence-corrected chi connectivity index (χ4v) is 10.5. The van der Waals surface area contributed by atoms with Crippen molar-refractivity contribution in [3.05, 3.63) is 158 Å². The summed E-state index contributed by atoms with van der Waals surface area (Å²) in [6.07, 6.45) is 0. The maximum atomic E-state index is 5.20. The topological polar surface area (TPSA) is 51.6 Å². The molecule has 0 N–H and O–H groups in total. The molecule has 0 bridgehead atoms. The second-order valence-electron chi connectivity index (χ2n) is 13.0. The third kappa shape index (κ3) is 5.24. The van der Waals surface area contributed by atoms with E-state index >= 15 is 0 Å². The van der Waals surface area contributed by atoms with Crippen LogP contribution < -0.4 is 0 Å². The summed E-state index contributed by atoms with van der Waals surface area (Å²) in [6, 6.07) is 55.7. The zero-order valence-corrected chi connectivity index (χ0v) is 30.5. The van der Waals surface area contributed by atoms with Crippen molar-refractivity contribution in [1.29, 1.82) is 0 Å². The van der Waals surface area contributed by atoms with Gasteiger partial charge in [0.2, 0.25) is 0 Å². The molecule has 11 aromatic rings. The maximum Gasteiger partial charge on any atom is 0.164 e. The van der Waals surface area contributed by atoms with E-state index in [2.05, 4.69) is 133 Å². The van der Waals surface area contributed by atoms with Gasteiger partial charge in [-0.1, -0.05) is 115 Å². The summed E-state index contributed by atoms with van der Waals surface area (Å²) in [4.78, 5) is 20.3. The fourth-order valence-electron chi connectivity index (χ4n) is 7.23. The summed E-state index contributed by atoms with van der Waals surface area (Å²) in [6.45, 7) is 0. The molecule has 0 atom stereocenters. The molecule has 4 aromatic heterocycles. The zero-order valence-electron chi connectivity index (χ0n) is 28.0. The van der Waals surface area contributed by atoms with Gasteiger partial charge in [-0.25, -0.2) is 19.9 Å². The number of thiophene rings is 2. The Bertz CT molecular complexity index is 3160. The smallest absolute Gasteiger partial charge is 0.164 e. The van der Waals surface area contributed by atoms with Gasteiger partial charge in [0, 0.05) is 62.6 Å². The lowest BCUT2D eigenvalue weighted by atomic mass is 10.00. The van der Waals surface area contributed by atoms with Crippen LogP contribution in [0.3, 0.4) is 0 Å². The Morgan fingerprint density at radius 2 is 0.925 bits per heavy atom. The van der Waals surface area contributed by atoms with Gasteiger partial charge in [0.25, 0.3) is 0 Å². The Morgan fingerprint density at radius 1 is 0.321 bits per heavy atom. The second-order valence-corrected chi connectivity index (χ2v) is 16.2. The molecule has 0 aliphatic carbocycles. The average molecular weight is 731 g/mol. The Kier molecular flexibility index (Phi) is 7.05. The second kappa shape index (κ2) is 12.2. The van der Waals surface area contributed by atoms with Crippen LogP contribution in [0.4, 0.5) is 0 Å². The number of hydrogen-bond acceptors (Lipinski definition) is 7. The predicted octanol–water partition coefficient (Wildman–Crippen LogP) is 13.6. The Morgan fingerprint density at radius 3 is 1.83 bits per heavy atom. The molecule has 4 nitrogen and oxygen atoms in total. The van der Waals surface area contributed by atoms with E-state index in [4.69, 9.17) is 19.9 Å². The summed E-state index contributed by atoms with van der Waals surface area (Å²) in [5.74, 6) is 2.00. The van der Waals surface area contributed by atoms with Gasteiger partial charge < -0.3 is 0 Å². The molecule has 0 spiro atoms. The minimum atomic E-state index is 0.661. The molecule has 0 unspecified atom stereocenters. The first kappa shape index (κ1) is 30.5. The molecule has 0 aliphatic heterocycles. The molecule has 11 rings (SSSR count). The number of nitrogens with zero attached hydrogens (tertiary/aromatic N) is 4. The number of benzene rings is 7. The van der Waals surface area contributed by atoms with Crippen LogP contribution in [0.15, 0.2) is 158 Å². The first-order valence-corrected chi connectivity index (χ1v) is 19.8. The first-order valence-electron chi connectivity index (χ1n) is 17.4. The summed E-state index contributed by atoms with van der Waals surface area (Å²) >= 11 is 5.35. The van der Waals surface area contributed by atoms with Crippen LogP contribution in [-0.2, 0) is 0 Å². The van der Waals surface area contributed by atoms with Gasteiger partial charge in [-0.2, -0.15) is 0 Å². The Hall–Kier alpha value is -6.12. The molecule has 248 valence electrons. The molecular weight excluding hydrogens is 705 g/mol. The fraction of sp³-hybridized carbons (Fsp3) is 0. The van der Waals surface area contributed by atoms with Crippen LogP contribution in [0.5, 0.6) is 0 Å². The van der Waals surface area contributed by atoms with Crippen molar-refractivity contribution in [3.63, 3.8) is 0 Å². The van der Waals surface area contributed by atoms with E-state index in [-0.39, 0.29) is 0 Å². The molecule has 0 aliphatic rings. The van der Waals surface area contributed by atoms with E-state index in [1.807, 2.05) is 35.6 Å². The molecule has 0 fully saturated rings. The molecular formula is C46H26N4S3. The lowest BCUT2D eigenvalue weighted by molar-refractivity contribution is 1.08. The zero-order chi connectivity index (χ0) is 34.9. The van der Waals surface area contributed by atoms with Crippen molar-refractivity contribution < 1.29 is 0 Å². The molecule has 4 heterocycles. The summed E-state index contributed by atoms with van der Waals surface area (Å²) in [5, 5.41) is 5.93. The predicted molar refractivity (Wildman–Crippen MR) is 226 cm³/mol. The minimum Gasteiger partial charge on any atom is -0.236 e. The standard InChI is InChI=1S/C46H26N4S3/c1-2-10-27(11-3-1)43-48-44(30-21-22-33-32-14-4-6-17-37(32)51-40(33)26-30)50-45(49-43)35-15-9-19-39-42(35)34-23-20-29(25-41(34)52-39)28-12-8-13-31(24-28)46-47-36-16-5-7-18-38(36)53-46/h1-26H. The van der Waals surface area contributed by atoms with Crippen molar-refractivity contribution in [2.45, 2.75) is 0 Å². The highest BCUT2D eigenvalue weighted by atomic mass is 32.1. The van der Waals surface area contributed by atoms with E-state index in [1.54, 1.807) is 22.7 Å². The van der Waals surface area contributed by atoms with Gasteiger partial charge in [-0.05, 0) is 53.6 Å². The maximum absolute atomic E-state index is 5.20. The van der Waals surface area contributed by atoms with E-state index in [0.29, 0.717) is 17.5 Å². The van der Waals surface area contributed by atoms with Gasteiger partial charge in [0.05, 0.1) is 10.2 Å². The van der Waals surface area contributed by atoms with Crippen LogP contribution in [0, 0.1) is 0 Å². The minimum absolute atomic E-state index is 0.661. The molecule has 0 saturated carbocycles. The Balaban J connectivity index is 1.04. The van der Waals surface area contributed by atoms with Crippen LogP contribution in [0.25, 0.3) is 106 Å². The highest BCUT2D eigenvalue weighted by Gasteiger charge is 2.18. The summed E-state index contributed by atoms with van der Waals surface area (Å²) in [7, 11) is 0. The molecule has 7 aromatic carbocycles. The number of thiazole rings is 1. The van der Waals surface area contributed by atoms with Gasteiger partial charge in [-0.15, -0.1) is 34.0 Å². The highest BCUT2D eigenvalue weighted by molar-refractivity contribution is 7.26. The van der Waals surface area contributed by atoms with Gasteiger partial charge in [0.15, 0.2) is 17.5 Å². The van der Waals surface area contributed by atoms with Crippen LogP contribution in [-0.4, -0.2) is 19.9 Å². The van der Waals surface area contributed by atoms with Gasteiger partial charge in [-0.3, -0.25) is 0 Å². The lowest BCUT2D eigenvalue weighted by Gasteiger charge is -2.10. The number of para-hydroxylation sites is 1. The average Bonchev–Trinajstić information content (AvgIpc) is 3.94. The quantitative estimate of drug-likeness (QED) is 0.177. The van der Waals surface area contributed by atoms with Crippen molar-refractivity contribution in [3.8, 4) is 55.9 Å². The largest absolute Gasteiger partial charge is 0.236 e. The van der Waals surface area contributed by atoms with Crippen LogP contribution in [0.2, 0.25) is 0 Å². The van der Waals surface area contributed by atoms with E-state index < -0.39 is 0 Å². The number of fused-ring (bicyclic) bond motifs is 7. The Labute approximate surface area is 316 Å². The molecule has 7 heteroatoms. The van der Waals surface area contributed by atoms with Crippen molar-refractivity contribution in [2.75, 3.05) is 0 Å². The van der Waals surface area contributed by atoms with Crippen molar-refractivity contribution in [2.24, 2.45) is 0 Å². The summed E-state index contributed by atoms with van der Waals surface area (Å²) in [5.41, 5.74) is 7.46. The van der Waals surface area contributed by atoms with Gasteiger partial charge >= 0.3 is 0 Å². The normalized spacial score (nSPS) is 11.8. The highest BCUT2D eigenvalue weighted by Crippen LogP contribution is 2.42. The number of rotatable bonds is 5. The molecule has 0 radical (unpaired) electrons. The molecule has 0 saturated heterocycles. The number of aromatic nitrogens is 4. The van der Waals surface area contributed by atoms with Crippen LogP contribution in [0.1, 0.15) is 0 Å². The third-order valence-corrected chi connectivity index (χ3v) is 13.1. The van der Waals surface area contributed by atoms with Gasteiger partial charge in [0.1, 0.15) is 5.01 Å². The van der Waals surface area contributed by atoms with Crippen LogP contribution >= 0.6 is 34.0 Å². The first-order chi connectivity index (χ1) is 26.2. The van der Waals surface area contributed by atoms with E-state index in [1.165, 1.54) is 56.2 Å². The SMILES string of the molecule is c1ccc(-c2nc(-c3ccc4c(c3)sc3ccccc34)nc(-c3cccc4sc5cc(-c6cccc(-c7nc8ccccc8s7)c6)ccc5c34)n2)cc1. The lowest BCUT2D eigenvalue weighted by Crippen LogP contribution is -2.00. The molecule has 0 amide bonds. The van der Waals surface area contributed by atoms with E-state index in [9.17, 15) is 0 Å². The number of hydrogen-bond donors (Lipinski definition) is 0. The van der Waals surface area contributed by atoms with Crippen molar-refractivity contribution >= 4 is 84.6 Å².